The van der Waals surface area contributed by atoms with Gasteiger partial charge < -0.3 is 16.0 Å². The summed E-state index contributed by atoms with van der Waals surface area (Å²) in [6.07, 6.45) is 0.338. The number of amides is 3. The van der Waals surface area contributed by atoms with Crippen LogP contribution < -0.4 is 16.0 Å². The van der Waals surface area contributed by atoms with Crippen LogP contribution in [0.5, 0.6) is 0 Å². The Bertz CT molecular complexity index is 886. The van der Waals surface area contributed by atoms with Crippen LogP contribution in [0.3, 0.4) is 0 Å². The van der Waals surface area contributed by atoms with Gasteiger partial charge in [0.05, 0.1) is 0 Å². The van der Waals surface area contributed by atoms with Crippen LogP contribution in [0.25, 0.3) is 0 Å². The van der Waals surface area contributed by atoms with Crippen LogP contribution in [0, 0.1) is 11.3 Å². The molecule has 3 N–H and O–H groups in total. The van der Waals surface area contributed by atoms with Crippen molar-refractivity contribution in [3.8, 4) is 0 Å². The number of rotatable bonds is 7. The third kappa shape index (κ3) is 7.03. The Morgan fingerprint density at radius 2 is 1.47 bits per heavy atom. The van der Waals surface area contributed by atoms with E-state index < -0.39 is 11.5 Å². The summed E-state index contributed by atoms with van der Waals surface area (Å²) >= 11 is 0. The van der Waals surface area contributed by atoms with Gasteiger partial charge in [0.25, 0.3) is 5.91 Å². The van der Waals surface area contributed by atoms with E-state index in [0.717, 1.165) is 0 Å². The molecule has 0 aliphatic carbocycles. The molecule has 0 radical (unpaired) electrons. The van der Waals surface area contributed by atoms with Gasteiger partial charge in [-0.3, -0.25) is 14.4 Å². The number of nitrogens with one attached hydrogen (secondary N) is 3. The Kier molecular flexibility index (Phi) is 7.75. The van der Waals surface area contributed by atoms with Gasteiger partial charge in [0.15, 0.2) is 0 Å². The minimum absolute atomic E-state index is 0.117. The van der Waals surface area contributed by atoms with Crippen molar-refractivity contribution in [2.24, 2.45) is 11.3 Å². The predicted molar refractivity (Wildman–Crippen MR) is 120 cm³/mol. The molecule has 0 aromatic heterocycles. The van der Waals surface area contributed by atoms with E-state index in [0.29, 0.717) is 23.4 Å². The predicted octanol–water partition coefficient (Wildman–Crippen LogP) is 4.51. The molecule has 6 nitrogen and oxygen atoms in total. The standard InChI is InChI=1S/C24H31N3O3/c1-16(2)14-20(28)27-21(17-10-7-6-8-11-17)22(29)25-18-12-9-13-19(15-18)26-23(30)24(3,4)5/h6-13,15-16,21H,14H2,1-5H3,(H,25,29)(H,26,30)(H,27,28). The van der Waals surface area contributed by atoms with Crippen LogP contribution in [0.15, 0.2) is 54.6 Å². The first kappa shape index (κ1) is 23.1. The summed E-state index contributed by atoms with van der Waals surface area (Å²) in [4.78, 5) is 37.6. The molecule has 1 unspecified atom stereocenters. The van der Waals surface area contributed by atoms with E-state index in [-0.39, 0.29) is 23.6 Å². The number of carbonyl (C=O) groups is 3. The van der Waals surface area contributed by atoms with Gasteiger partial charge in [-0.2, -0.15) is 0 Å². The van der Waals surface area contributed by atoms with E-state index in [1.54, 1.807) is 36.4 Å². The molecule has 0 bridgehead atoms. The van der Waals surface area contributed by atoms with Crippen LogP contribution >= 0.6 is 0 Å². The molecular formula is C24H31N3O3. The molecule has 0 aliphatic rings. The topological polar surface area (TPSA) is 87.3 Å². The second-order valence-electron chi connectivity index (χ2n) is 8.78. The molecule has 2 rings (SSSR count). The maximum atomic E-state index is 13.0. The zero-order chi connectivity index (χ0) is 22.3. The zero-order valence-corrected chi connectivity index (χ0v) is 18.3. The molecule has 3 amide bonds. The highest BCUT2D eigenvalue weighted by Gasteiger charge is 2.24. The fourth-order valence-electron chi connectivity index (χ4n) is 2.74. The van der Waals surface area contributed by atoms with Crippen LogP contribution in [0.4, 0.5) is 11.4 Å². The van der Waals surface area contributed by atoms with Gasteiger partial charge in [0.1, 0.15) is 6.04 Å². The molecular weight excluding hydrogens is 378 g/mol. The second kappa shape index (κ2) is 10.1. The summed E-state index contributed by atoms with van der Waals surface area (Å²) in [5.74, 6) is -0.459. The molecule has 6 heteroatoms. The summed E-state index contributed by atoms with van der Waals surface area (Å²) < 4.78 is 0. The minimum atomic E-state index is -0.815. The van der Waals surface area contributed by atoms with E-state index >= 15 is 0 Å². The average molecular weight is 410 g/mol. The van der Waals surface area contributed by atoms with Crippen molar-refractivity contribution >= 4 is 29.1 Å². The molecule has 2 aromatic carbocycles. The highest BCUT2D eigenvalue weighted by Crippen LogP contribution is 2.22. The summed E-state index contributed by atoms with van der Waals surface area (Å²) in [6, 6.07) is 15.3. The lowest BCUT2D eigenvalue weighted by Crippen LogP contribution is -2.37. The van der Waals surface area contributed by atoms with Crippen molar-refractivity contribution in [2.45, 2.75) is 47.1 Å². The SMILES string of the molecule is CC(C)CC(=O)NC(C(=O)Nc1cccc(NC(=O)C(C)(C)C)c1)c1ccccc1. The van der Waals surface area contributed by atoms with Crippen molar-refractivity contribution in [2.75, 3.05) is 10.6 Å². The Labute approximate surface area is 178 Å². The lowest BCUT2D eigenvalue weighted by molar-refractivity contribution is -0.127. The first-order valence-corrected chi connectivity index (χ1v) is 10.1. The fourth-order valence-corrected chi connectivity index (χ4v) is 2.74. The lowest BCUT2D eigenvalue weighted by Gasteiger charge is -2.20. The van der Waals surface area contributed by atoms with E-state index in [2.05, 4.69) is 16.0 Å². The maximum absolute atomic E-state index is 13.0. The van der Waals surface area contributed by atoms with Crippen LogP contribution in [-0.4, -0.2) is 17.7 Å². The van der Waals surface area contributed by atoms with Gasteiger partial charge in [-0.15, -0.1) is 0 Å². The van der Waals surface area contributed by atoms with Gasteiger partial charge in [0, 0.05) is 23.2 Å². The molecule has 0 fully saturated rings. The van der Waals surface area contributed by atoms with Crippen molar-refractivity contribution in [1.29, 1.82) is 0 Å². The summed E-state index contributed by atoms with van der Waals surface area (Å²) in [6.45, 7) is 9.40. The van der Waals surface area contributed by atoms with Gasteiger partial charge >= 0.3 is 0 Å². The molecule has 1 atom stereocenters. The summed E-state index contributed by atoms with van der Waals surface area (Å²) in [5.41, 5.74) is 1.29. The summed E-state index contributed by atoms with van der Waals surface area (Å²) in [7, 11) is 0. The third-order valence-electron chi connectivity index (χ3n) is 4.36. The van der Waals surface area contributed by atoms with Gasteiger partial charge in [-0.1, -0.05) is 71.0 Å². The first-order valence-electron chi connectivity index (χ1n) is 10.1. The van der Waals surface area contributed by atoms with Crippen LogP contribution in [0.1, 0.15) is 52.6 Å². The lowest BCUT2D eigenvalue weighted by atomic mass is 9.95. The second-order valence-corrected chi connectivity index (χ2v) is 8.78. The van der Waals surface area contributed by atoms with Gasteiger partial charge in [-0.05, 0) is 29.7 Å². The molecule has 0 spiro atoms. The Morgan fingerprint density at radius 3 is 2.03 bits per heavy atom. The van der Waals surface area contributed by atoms with E-state index in [4.69, 9.17) is 0 Å². The molecule has 2 aromatic rings. The van der Waals surface area contributed by atoms with E-state index in [1.807, 2.05) is 52.8 Å². The Morgan fingerprint density at radius 1 is 0.867 bits per heavy atom. The molecule has 0 saturated carbocycles. The van der Waals surface area contributed by atoms with Crippen molar-refractivity contribution in [3.05, 3.63) is 60.2 Å². The number of carbonyl (C=O) groups excluding carboxylic acids is 3. The van der Waals surface area contributed by atoms with Crippen molar-refractivity contribution in [1.82, 2.24) is 5.32 Å². The molecule has 160 valence electrons. The summed E-state index contributed by atoms with van der Waals surface area (Å²) in [5, 5.41) is 8.53. The van der Waals surface area contributed by atoms with E-state index in [9.17, 15) is 14.4 Å². The van der Waals surface area contributed by atoms with Crippen LogP contribution in [0.2, 0.25) is 0 Å². The molecule has 0 aliphatic heterocycles. The Hall–Kier alpha value is -3.15. The third-order valence-corrected chi connectivity index (χ3v) is 4.36. The van der Waals surface area contributed by atoms with Crippen molar-refractivity contribution < 1.29 is 14.4 Å². The fraction of sp³-hybridized carbons (Fsp3) is 0.375. The maximum Gasteiger partial charge on any atom is 0.251 e. The first-order chi connectivity index (χ1) is 14.1. The quantitative estimate of drug-likeness (QED) is 0.629. The average Bonchev–Trinajstić information content (AvgIpc) is 2.65. The highest BCUT2D eigenvalue weighted by molar-refractivity contribution is 5.99. The smallest absolute Gasteiger partial charge is 0.251 e. The van der Waals surface area contributed by atoms with Gasteiger partial charge in [-0.25, -0.2) is 0 Å². The van der Waals surface area contributed by atoms with Crippen molar-refractivity contribution in [3.63, 3.8) is 0 Å². The minimum Gasteiger partial charge on any atom is -0.341 e. The Balaban J connectivity index is 2.18. The van der Waals surface area contributed by atoms with E-state index in [1.165, 1.54) is 0 Å². The normalized spacial score (nSPS) is 12.2. The molecule has 0 heterocycles. The van der Waals surface area contributed by atoms with Gasteiger partial charge in [0.2, 0.25) is 11.8 Å². The number of benzene rings is 2. The zero-order valence-electron chi connectivity index (χ0n) is 18.3. The number of hydrogen-bond acceptors (Lipinski definition) is 3. The van der Waals surface area contributed by atoms with Crippen LogP contribution in [-0.2, 0) is 14.4 Å². The molecule has 30 heavy (non-hydrogen) atoms. The highest BCUT2D eigenvalue weighted by atomic mass is 16.2. The largest absolute Gasteiger partial charge is 0.341 e. The molecule has 0 saturated heterocycles. The number of hydrogen-bond donors (Lipinski definition) is 3. The monoisotopic (exact) mass is 409 g/mol. The number of anilines is 2.